The SMILES string of the molecule is COc1ccc(CCN2C(=O)C3C(CCC(N)=O)NC4(C(=O)Nc5ccc(Cl)cc54)C3C2=O)cc1OC. The first kappa shape index (κ1) is 25.0. The molecule has 0 bridgehead atoms. The predicted octanol–water partition coefficient (Wildman–Crippen LogP) is 1.59. The van der Waals surface area contributed by atoms with Gasteiger partial charge in [-0.25, -0.2) is 0 Å². The molecule has 194 valence electrons. The van der Waals surface area contributed by atoms with Crippen LogP contribution in [0.5, 0.6) is 11.5 Å². The molecule has 3 aliphatic heterocycles. The second-order valence-electron chi connectivity index (χ2n) is 9.48. The molecule has 11 heteroatoms. The third-order valence-corrected chi connectivity index (χ3v) is 7.78. The van der Waals surface area contributed by atoms with Crippen molar-refractivity contribution in [3.63, 3.8) is 0 Å². The van der Waals surface area contributed by atoms with Crippen LogP contribution in [0.1, 0.15) is 24.0 Å². The number of nitrogens with two attached hydrogens (primary N) is 1. The molecule has 10 nitrogen and oxygen atoms in total. The number of hydrogen-bond donors (Lipinski definition) is 3. The van der Waals surface area contributed by atoms with Crippen LogP contribution in [0.15, 0.2) is 36.4 Å². The van der Waals surface area contributed by atoms with Gasteiger partial charge in [-0.1, -0.05) is 17.7 Å². The predicted molar refractivity (Wildman–Crippen MR) is 134 cm³/mol. The lowest BCUT2D eigenvalue weighted by molar-refractivity contribution is -0.142. The Morgan fingerprint density at radius 2 is 1.84 bits per heavy atom. The molecule has 2 aromatic rings. The Balaban J connectivity index is 1.48. The summed E-state index contributed by atoms with van der Waals surface area (Å²) in [5.41, 5.74) is 5.80. The molecule has 0 saturated carbocycles. The zero-order valence-electron chi connectivity index (χ0n) is 20.4. The number of ether oxygens (including phenoxy) is 2. The monoisotopic (exact) mass is 526 g/mol. The Morgan fingerprint density at radius 3 is 2.54 bits per heavy atom. The molecule has 0 aromatic heterocycles. The van der Waals surface area contributed by atoms with E-state index in [0.717, 1.165) is 5.56 Å². The van der Waals surface area contributed by atoms with E-state index in [-0.39, 0.29) is 25.3 Å². The fourth-order valence-corrected chi connectivity index (χ4v) is 6.05. The van der Waals surface area contributed by atoms with Gasteiger partial charge >= 0.3 is 0 Å². The summed E-state index contributed by atoms with van der Waals surface area (Å²) in [7, 11) is 3.08. The van der Waals surface area contributed by atoms with Gasteiger partial charge in [0, 0.05) is 35.3 Å². The Hall–Kier alpha value is -3.63. The average Bonchev–Trinajstić information content (AvgIpc) is 3.45. The maximum Gasteiger partial charge on any atom is 0.250 e. The van der Waals surface area contributed by atoms with E-state index in [4.69, 9.17) is 26.8 Å². The smallest absolute Gasteiger partial charge is 0.250 e. The molecule has 4 amide bonds. The number of likely N-dealkylation sites (tertiary alicyclic amines) is 1. The number of carbonyl (C=O) groups excluding carboxylic acids is 4. The zero-order valence-corrected chi connectivity index (χ0v) is 21.1. The number of benzene rings is 2. The van der Waals surface area contributed by atoms with Gasteiger partial charge in [-0.15, -0.1) is 0 Å². The van der Waals surface area contributed by atoms with E-state index >= 15 is 0 Å². The molecule has 1 spiro atoms. The van der Waals surface area contributed by atoms with E-state index < -0.39 is 41.1 Å². The number of methoxy groups -OCH3 is 2. The van der Waals surface area contributed by atoms with Gasteiger partial charge in [0.25, 0.3) is 0 Å². The fourth-order valence-electron chi connectivity index (χ4n) is 5.88. The molecule has 3 aliphatic rings. The number of rotatable bonds is 8. The van der Waals surface area contributed by atoms with Crippen molar-refractivity contribution in [2.45, 2.75) is 30.8 Å². The van der Waals surface area contributed by atoms with Gasteiger partial charge in [-0.3, -0.25) is 29.4 Å². The average molecular weight is 527 g/mol. The molecule has 2 saturated heterocycles. The van der Waals surface area contributed by atoms with Gasteiger partial charge in [0.15, 0.2) is 11.5 Å². The summed E-state index contributed by atoms with van der Waals surface area (Å²) in [6.45, 7) is 0.128. The Bertz CT molecular complexity index is 1320. The van der Waals surface area contributed by atoms with Crippen molar-refractivity contribution in [3.05, 3.63) is 52.5 Å². The highest BCUT2D eigenvalue weighted by molar-refractivity contribution is 6.31. The first-order valence-electron chi connectivity index (χ1n) is 11.9. The number of hydrogen-bond acceptors (Lipinski definition) is 7. The van der Waals surface area contributed by atoms with Crippen LogP contribution in [0.4, 0.5) is 5.69 Å². The number of primary amides is 1. The molecule has 2 aromatic carbocycles. The summed E-state index contributed by atoms with van der Waals surface area (Å²) >= 11 is 6.26. The molecule has 4 N–H and O–H groups in total. The van der Waals surface area contributed by atoms with E-state index in [1.807, 2.05) is 6.07 Å². The highest BCUT2D eigenvalue weighted by Crippen LogP contribution is 2.53. The van der Waals surface area contributed by atoms with Crippen LogP contribution in [0.3, 0.4) is 0 Å². The second kappa shape index (κ2) is 9.35. The van der Waals surface area contributed by atoms with Crippen LogP contribution in [-0.2, 0) is 31.1 Å². The fraction of sp³-hybridized carbons (Fsp3) is 0.385. The Labute approximate surface area is 218 Å². The minimum absolute atomic E-state index is 0.00804. The molecular formula is C26H27ClN4O6. The second-order valence-corrected chi connectivity index (χ2v) is 9.92. The number of halogens is 1. The van der Waals surface area contributed by atoms with Crippen molar-refractivity contribution in [3.8, 4) is 11.5 Å². The minimum atomic E-state index is -1.47. The largest absolute Gasteiger partial charge is 0.493 e. The Morgan fingerprint density at radius 1 is 1.08 bits per heavy atom. The molecule has 0 aliphatic carbocycles. The van der Waals surface area contributed by atoms with Crippen molar-refractivity contribution in [2.24, 2.45) is 17.6 Å². The van der Waals surface area contributed by atoms with Crippen molar-refractivity contribution in [2.75, 3.05) is 26.1 Å². The zero-order chi connectivity index (χ0) is 26.5. The summed E-state index contributed by atoms with van der Waals surface area (Å²) in [4.78, 5) is 53.7. The van der Waals surface area contributed by atoms with Crippen LogP contribution in [0.25, 0.3) is 0 Å². The standard InChI is InChI=1S/C26H27ClN4O6/c1-36-18-7-3-13(11-19(18)37-2)9-10-31-23(33)21-17(6-8-20(28)32)30-26(22(21)24(31)34)15-12-14(27)4-5-16(15)29-25(26)35/h3-5,7,11-12,17,21-22,30H,6,8-10H2,1-2H3,(H2,28,32)(H,29,35). The van der Waals surface area contributed by atoms with Gasteiger partial charge in [0.2, 0.25) is 23.6 Å². The lowest BCUT2D eigenvalue weighted by Crippen LogP contribution is -2.53. The van der Waals surface area contributed by atoms with Gasteiger partial charge in [-0.2, -0.15) is 0 Å². The number of amides is 4. The molecule has 5 rings (SSSR count). The summed E-state index contributed by atoms with van der Waals surface area (Å²) in [5.74, 6) is -2.46. The molecule has 4 unspecified atom stereocenters. The molecule has 0 radical (unpaired) electrons. The molecule has 37 heavy (non-hydrogen) atoms. The third kappa shape index (κ3) is 3.91. The number of fused-ring (bicyclic) bond motifs is 4. The van der Waals surface area contributed by atoms with Crippen molar-refractivity contribution in [1.82, 2.24) is 10.2 Å². The summed E-state index contributed by atoms with van der Waals surface area (Å²) < 4.78 is 10.6. The van der Waals surface area contributed by atoms with Crippen molar-refractivity contribution in [1.29, 1.82) is 0 Å². The van der Waals surface area contributed by atoms with Gasteiger partial charge in [-0.05, 0) is 48.7 Å². The maximum absolute atomic E-state index is 13.8. The van der Waals surface area contributed by atoms with E-state index in [2.05, 4.69) is 10.6 Å². The van der Waals surface area contributed by atoms with E-state index in [9.17, 15) is 19.2 Å². The van der Waals surface area contributed by atoms with Crippen LogP contribution < -0.4 is 25.8 Å². The minimum Gasteiger partial charge on any atom is -0.493 e. The van der Waals surface area contributed by atoms with Gasteiger partial charge in [0.05, 0.1) is 26.1 Å². The summed E-state index contributed by atoms with van der Waals surface area (Å²) in [6, 6.07) is 9.76. The van der Waals surface area contributed by atoms with Gasteiger partial charge < -0.3 is 20.5 Å². The van der Waals surface area contributed by atoms with E-state index in [0.29, 0.717) is 34.2 Å². The van der Waals surface area contributed by atoms with Crippen LogP contribution in [0.2, 0.25) is 5.02 Å². The number of nitrogens with zero attached hydrogens (tertiary/aromatic N) is 1. The van der Waals surface area contributed by atoms with Gasteiger partial charge in [0.1, 0.15) is 5.54 Å². The van der Waals surface area contributed by atoms with E-state index in [1.165, 1.54) is 12.0 Å². The van der Waals surface area contributed by atoms with E-state index in [1.54, 1.807) is 37.4 Å². The third-order valence-electron chi connectivity index (χ3n) is 7.54. The van der Waals surface area contributed by atoms with Crippen LogP contribution >= 0.6 is 11.6 Å². The summed E-state index contributed by atoms with van der Waals surface area (Å²) in [5, 5.41) is 6.49. The first-order chi connectivity index (χ1) is 17.7. The Kier molecular flexibility index (Phi) is 6.33. The van der Waals surface area contributed by atoms with Crippen LogP contribution in [-0.4, -0.2) is 55.3 Å². The number of nitrogens with one attached hydrogen (secondary N) is 2. The summed E-state index contributed by atoms with van der Waals surface area (Å²) in [6.07, 6.45) is 0.607. The first-order valence-corrected chi connectivity index (χ1v) is 12.3. The number of imide groups is 1. The lowest BCUT2D eigenvalue weighted by atomic mass is 9.76. The highest BCUT2D eigenvalue weighted by atomic mass is 35.5. The number of carbonyl (C=O) groups is 4. The van der Waals surface area contributed by atoms with Crippen LogP contribution in [0, 0.1) is 11.8 Å². The lowest BCUT2D eigenvalue weighted by Gasteiger charge is -2.29. The highest BCUT2D eigenvalue weighted by Gasteiger charge is 2.70. The number of anilines is 1. The maximum atomic E-state index is 13.8. The van der Waals surface area contributed by atoms with Crippen molar-refractivity contribution >= 4 is 40.9 Å². The molecule has 2 fully saturated rings. The molecular weight excluding hydrogens is 500 g/mol. The van der Waals surface area contributed by atoms with Crippen molar-refractivity contribution < 1.29 is 28.7 Å². The molecule has 3 heterocycles. The normalized spacial score (nSPS) is 25.9. The topological polar surface area (TPSA) is 140 Å². The quantitative estimate of drug-likeness (QED) is 0.444. The molecule has 4 atom stereocenters.